The van der Waals surface area contributed by atoms with E-state index in [0.717, 1.165) is 16.7 Å². The molecule has 3 rings (SSSR count). The molecule has 0 aromatic heterocycles. The molecule has 0 bridgehead atoms. The second kappa shape index (κ2) is 4.63. The fourth-order valence-corrected chi connectivity index (χ4v) is 2.53. The molecule has 1 atom stereocenters. The summed E-state index contributed by atoms with van der Waals surface area (Å²) in [5.74, 6) is -0.611. The van der Waals surface area contributed by atoms with Crippen molar-refractivity contribution in [1.82, 2.24) is 0 Å². The highest BCUT2D eigenvalue weighted by Crippen LogP contribution is 2.34. The number of aryl methyl sites for hydroxylation is 1. The molecule has 1 heterocycles. The first-order chi connectivity index (χ1) is 9.54. The van der Waals surface area contributed by atoms with Gasteiger partial charge in [0, 0.05) is 17.7 Å². The zero-order chi connectivity index (χ0) is 14.3. The van der Waals surface area contributed by atoms with E-state index in [2.05, 4.69) is 0 Å². The predicted octanol–water partition coefficient (Wildman–Crippen LogP) is 3.17. The molecule has 4 heteroatoms. The molecule has 3 nitrogen and oxygen atoms in total. The van der Waals surface area contributed by atoms with E-state index in [1.54, 1.807) is 18.2 Å². The van der Waals surface area contributed by atoms with Crippen LogP contribution in [0.1, 0.15) is 33.2 Å². The maximum atomic E-state index is 13.1. The lowest BCUT2D eigenvalue weighted by atomic mass is 9.96. The van der Waals surface area contributed by atoms with Crippen LogP contribution in [0.4, 0.5) is 10.1 Å². The minimum absolute atomic E-state index is 0.261. The lowest BCUT2D eigenvalue weighted by Gasteiger charge is -2.13. The van der Waals surface area contributed by atoms with Gasteiger partial charge in [0.15, 0.2) is 0 Å². The quantitative estimate of drug-likeness (QED) is 0.674. The molecule has 1 aliphatic rings. The van der Waals surface area contributed by atoms with Gasteiger partial charge in [0.2, 0.25) is 0 Å². The monoisotopic (exact) mass is 271 g/mol. The van der Waals surface area contributed by atoms with E-state index in [1.807, 2.05) is 13.0 Å². The lowest BCUT2D eigenvalue weighted by molar-refractivity contribution is 0.0386. The first-order valence-electron chi connectivity index (χ1n) is 6.40. The smallest absolute Gasteiger partial charge is 0.339 e. The van der Waals surface area contributed by atoms with Crippen molar-refractivity contribution in [3.8, 4) is 0 Å². The van der Waals surface area contributed by atoms with E-state index in [4.69, 9.17) is 10.5 Å². The number of carbonyl (C=O) groups excluding carboxylic acids is 1. The summed E-state index contributed by atoms with van der Waals surface area (Å²) in [7, 11) is 0. The zero-order valence-corrected chi connectivity index (χ0v) is 11.0. The number of benzene rings is 2. The predicted molar refractivity (Wildman–Crippen MR) is 73.9 cm³/mol. The van der Waals surface area contributed by atoms with Crippen LogP contribution in [0.15, 0.2) is 36.4 Å². The Labute approximate surface area is 116 Å². The van der Waals surface area contributed by atoms with Crippen LogP contribution in [0.2, 0.25) is 0 Å². The Morgan fingerprint density at radius 1 is 1.25 bits per heavy atom. The highest BCUT2D eigenvalue weighted by molar-refractivity contribution is 5.95. The van der Waals surface area contributed by atoms with Crippen LogP contribution >= 0.6 is 0 Å². The minimum Gasteiger partial charge on any atom is -0.454 e. The maximum Gasteiger partial charge on any atom is 0.339 e. The average Bonchev–Trinajstić information content (AvgIpc) is 2.69. The standard InChI is InChI=1S/C16H14FNO2/c1-9-6-11(17)3-2-10(9)7-15-13-5-4-12(18)8-14(13)16(19)20-15/h2-6,8,15H,7,18H2,1H3. The van der Waals surface area contributed by atoms with Crippen LogP contribution in [0.5, 0.6) is 0 Å². The number of fused-ring (bicyclic) bond motifs is 1. The summed E-state index contributed by atoms with van der Waals surface area (Å²) in [5.41, 5.74) is 9.41. The van der Waals surface area contributed by atoms with Crippen molar-refractivity contribution in [2.24, 2.45) is 0 Å². The number of hydrogen-bond acceptors (Lipinski definition) is 3. The Morgan fingerprint density at radius 3 is 2.80 bits per heavy atom. The summed E-state index contributed by atoms with van der Waals surface area (Å²) in [6, 6.07) is 9.84. The second-order valence-electron chi connectivity index (χ2n) is 5.02. The number of halogens is 1. The third-order valence-electron chi connectivity index (χ3n) is 3.60. The first-order valence-corrected chi connectivity index (χ1v) is 6.40. The Kier molecular flexibility index (Phi) is 2.93. The fraction of sp³-hybridized carbons (Fsp3) is 0.188. The van der Waals surface area contributed by atoms with Gasteiger partial charge in [-0.2, -0.15) is 0 Å². The van der Waals surface area contributed by atoms with Gasteiger partial charge in [0.25, 0.3) is 0 Å². The van der Waals surface area contributed by atoms with Gasteiger partial charge in [-0.05, 0) is 42.3 Å². The summed E-state index contributed by atoms with van der Waals surface area (Å²) in [5, 5.41) is 0. The number of anilines is 1. The summed E-state index contributed by atoms with van der Waals surface area (Å²) in [4.78, 5) is 11.8. The summed E-state index contributed by atoms with van der Waals surface area (Å²) >= 11 is 0. The number of carbonyl (C=O) groups is 1. The molecule has 2 aromatic carbocycles. The highest BCUT2D eigenvalue weighted by atomic mass is 19.1. The van der Waals surface area contributed by atoms with Crippen LogP contribution in [0.3, 0.4) is 0 Å². The SMILES string of the molecule is Cc1cc(F)ccc1CC1OC(=O)c2cc(N)ccc21. The summed E-state index contributed by atoms with van der Waals surface area (Å²) in [6.45, 7) is 1.85. The topological polar surface area (TPSA) is 52.3 Å². The van der Waals surface area contributed by atoms with Gasteiger partial charge in [-0.25, -0.2) is 9.18 Å². The van der Waals surface area contributed by atoms with E-state index in [9.17, 15) is 9.18 Å². The molecule has 0 fully saturated rings. The number of esters is 1. The molecule has 0 saturated heterocycles. The van der Waals surface area contributed by atoms with Gasteiger partial charge in [-0.3, -0.25) is 0 Å². The minimum atomic E-state index is -0.350. The van der Waals surface area contributed by atoms with Gasteiger partial charge < -0.3 is 10.5 Å². The molecule has 1 aliphatic heterocycles. The molecule has 2 N–H and O–H groups in total. The third kappa shape index (κ3) is 2.13. The number of cyclic esters (lactones) is 1. The van der Waals surface area contributed by atoms with Crippen LogP contribution in [0.25, 0.3) is 0 Å². The van der Waals surface area contributed by atoms with E-state index in [-0.39, 0.29) is 17.9 Å². The molecule has 2 aromatic rings. The molecule has 0 spiro atoms. The summed E-state index contributed by atoms with van der Waals surface area (Å²) < 4.78 is 18.5. The Morgan fingerprint density at radius 2 is 2.05 bits per heavy atom. The number of hydrogen-bond donors (Lipinski definition) is 1. The summed E-state index contributed by atoms with van der Waals surface area (Å²) in [6.07, 6.45) is 0.205. The van der Waals surface area contributed by atoms with Crippen LogP contribution in [-0.4, -0.2) is 5.97 Å². The molecule has 20 heavy (non-hydrogen) atoms. The average molecular weight is 271 g/mol. The number of nitrogens with two attached hydrogens (primary N) is 1. The van der Waals surface area contributed by atoms with Gasteiger partial charge in [0.1, 0.15) is 11.9 Å². The van der Waals surface area contributed by atoms with Gasteiger partial charge in [-0.1, -0.05) is 12.1 Å². The number of ether oxygens (including phenoxy) is 1. The molecule has 1 unspecified atom stereocenters. The van der Waals surface area contributed by atoms with E-state index in [1.165, 1.54) is 12.1 Å². The van der Waals surface area contributed by atoms with Crippen LogP contribution < -0.4 is 5.73 Å². The largest absolute Gasteiger partial charge is 0.454 e. The van der Waals surface area contributed by atoms with Crippen molar-refractivity contribution in [2.45, 2.75) is 19.4 Å². The van der Waals surface area contributed by atoms with Crippen molar-refractivity contribution in [3.63, 3.8) is 0 Å². The van der Waals surface area contributed by atoms with E-state index >= 15 is 0 Å². The first kappa shape index (κ1) is 12.7. The Balaban J connectivity index is 1.92. The molecule has 0 aliphatic carbocycles. The van der Waals surface area contributed by atoms with Crippen molar-refractivity contribution in [2.75, 3.05) is 5.73 Å². The highest BCUT2D eigenvalue weighted by Gasteiger charge is 2.31. The van der Waals surface area contributed by atoms with Crippen LogP contribution in [0, 0.1) is 12.7 Å². The lowest BCUT2D eigenvalue weighted by Crippen LogP contribution is -2.04. The van der Waals surface area contributed by atoms with Crippen molar-refractivity contribution in [3.05, 3.63) is 64.5 Å². The molecular weight excluding hydrogens is 257 g/mol. The third-order valence-corrected chi connectivity index (χ3v) is 3.60. The maximum absolute atomic E-state index is 13.1. The molecular formula is C16H14FNO2. The Hall–Kier alpha value is -2.36. The normalized spacial score (nSPS) is 16.9. The molecule has 0 saturated carbocycles. The van der Waals surface area contributed by atoms with Crippen molar-refractivity contribution < 1.29 is 13.9 Å². The van der Waals surface area contributed by atoms with Crippen molar-refractivity contribution in [1.29, 1.82) is 0 Å². The van der Waals surface area contributed by atoms with E-state index in [0.29, 0.717) is 17.7 Å². The number of nitrogen functional groups attached to an aromatic ring is 1. The fourth-order valence-electron chi connectivity index (χ4n) is 2.53. The molecule has 102 valence electrons. The number of rotatable bonds is 2. The van der Waals surface area contributed by atoms with Gasteiger partial charge in [-0.15, -0.1) is 0 Å². The zero-order valence-electron chi connectivity index (χ0n) is 11.0. The molecule has 0 amide bonds. The van der Waals surface area contributed by atoms with Crippen molar-refractivity contribution >= 4 is 11.7 Å². The second-order valence-corrected chi connectivity index (χ2v) is 5.02. The van der Waals surface area contributed by atoms with E-state index < -0.39 is 0 Å². The Bertz CT molecular complexity index is 697. The molecule has 0 radical (unpaired) electrons. The van der Waals surface area contributed by atoms with Gasteiger partial charge in [0.05, 0.1) is 5.56 Å². The van der Waals surface area contributed by atoms with Crippen LogP contribution in [-0.2, 0) is 11.2 Å². The van der Waals surface area contributed by atoms with Gasteiger partial charge >= 0.3 is 5.97 Å².